The van der Waals surface area contributed by atoms with E-state index in [0.717, 1.165) is 11.1 Å². The topological polar surface area (TPSA) is 66.9 Å². The van der Waals surface area contributed by atoms with Crippen molar-refractivity contribution in [2.24, 2.45) is 0 Å². The molecule has 2 N–H and O–H groups in total. The number of carbonyl (C=O) groups is 1. The smallest absolute Gasteiger partial charge is 0.255 e. The lowest BCUT2D eigenvalue weighted by Crippen LogP contribution is -2.12. The zero-order valence-corrected chi connectivity index (χ0v) is 17.3. The molecule has 31 heavy (non-hydrogen) atoms. The zero-order chi connectivity index (χ0) is 21.8. The lowest BCUT2D eigenvalue weighted by molar-refractivity contribution is 0.102. The molecule has 0 aliphatic rings. The minimum Gasteiger partial charge on any atom is -0.340 e. The molecule has 0 saturated carbocycles. The lowest BCUT2D eigenvalue weighted by atomic mass is 10.1. The fraction of sp³-hybridized carbons (Fsp3) is 0.0417. The maximum Gasteiger partial charge on any atom is 0.255 e. The first-order valence-corrected chi connectivity index (χ1v) is 9.89. The van der Waals surface area contributed by atoms with E-state index in [4.69, 9.17) is 11.6 Å². The van der Waals surface area contributed by atoms with Gasteiger partial charge in [-0.3, -0.25) is 4.79 Å². The average molecular weight is 433 g/mol. The van der Waals surface area contributed by atoms with Crippen LogP contribution in [0.3, 0.4) is 0 Å². The van der Waals surface area contributed by atoms with Crippen molar-refractivity contribution in [3.63, 3.8) is 0 Å². The molecule has 0 aliphatic heterocycles. The van der Waals surface area contributed by atoms with Crippen LogP contribution in [0.5, 0.6) is 0 Å². The van der Waals surface area contributed by atoms with Crippen LogP contribution in [0.25, 0.3) is 11.4 Å². The number of halogens is 2. The standard InChI is InChI=1S/C24H18ClFN4O/c1-15-5-7-16(8-6-15)23-27-12-11-22(30-23)28-18-4-2-3-17(13-18)24(31)29-19-9-10-21(26)20(25)14-19/h2-14H,1H3,(H,29,31)(H,27,28,30). The first-order valence-electron chi connectivity index (χ1n) is 9.51. The van der Waals surface area contributed by atoms with Crippen molar-refractivity contribution >= 4 is 34.7 Å². The summed E-state index contributed by atoms with van der Waals surface area (Å²) in [5.74, 6) is 0.329. The molecule has 0 spiro atoms. The SMILES string of the molecule is Cc1ccc(-c2nccc(Nc3cccc(C(=O)Nc4ccc(F)c(Cl)c4)c3)n2)cc1. The van der Waals surface area contributed by atoms with Crippen LogP contribution in [-0.2, 0) is 0 Å². The second kappa shape index (κ2) is 8.93. The number of rotatable bonds is 5. The molecule has 0 saturated heterocycles. The monoisotopic (exact) mass is 432 g/mol. The number of carbonyl (C=O) groups excluding carboxylic acids is 1. The van der Waals surface area contributed by atoms with Crippen LogP contribution in [0.4, 0.5) is 21.6 Å². The van der Waals surface area contributed by atoms with Crippen molar-refractivity contribution in [1.82, 2.24) is 9.97 Å². The quantitative estimate of drug-likeness (QED) is 0.391. The minimum absolute atomic E-state index is 0.0543. The van der Waals surface area contributed by atoms with Crippen molar-refractivity contribution < 1.29 is 9.18 Å². The first-order chi connectivity index (χ1) is 15.0. The molecule has 154 valence electrons. The summed E-state index contributed by atoms with van der Waals surface area (Å²) in [5.41, 5.74) is 3.61. The Morgan fingerprint density at radius 1 is 0.968 bits per heavy atom. The van der Waals surface area contributed by atoms with Crippen molar-refractivity contribution in [1.29, 1.82) is 0 Å². The average Bonchev–Trinajstić information content (AvgIpc) is 2.77. The van der Waals surface area contributed by atoms with Gasteiger partial charge >= 0.3 is 0 Å². The molecule has 0 unspecified atom stereocenters. The van der Waals surface area contributed by atoms with Crippen LogP contribution in [0.1, 0.15) is 15.9 Å². The summed E-state index contributed by atoms with van der Waals surface area (Å²) in [6.45, 7) is 2.02. The highest BCUT2D eigenvalue weighted by Crippen LogP contribution is 2.22. The van der Waals surface area contributed by atoms with Gasteiger partial charge < -0.3 is 10.6 Å². The van der Waals surface area contributed by atoms with Gasteiger partial charge in [0.25, 0.3) is 5.91 Å². The number of aryl methyl sites for hydroxylation is 1. The molecule has 0 aliphatic carbocycles. The van der Waals surface area contributed by atoms with E-state index in [2.05, 4.69) is 20.6 Å². The number of amides is 1. The second-order valence-electron chi connectivity index (χ2n) is 6.92. The Morgan fingerprint density at radius 3 is 2.55 bits per heavy atom. The Kier molecular flexibility index (Phi) is 5.91. The molecule has 1 aromatic heterocycles. The molecule has 4 rings (SSSR count). The number of aromatic nitrogens is 2. The van der Waals surface area contributed by atoms with Gasteiger partial charge in [-0.25, -0.2) is 14.4 Å². The summed E-state index contributed by atoms with van der Waals surface area (Å²) >= 11 is 5.78. The van der Waals surface area contributed by atoms with E-state index in [1.54, 1.807) is 30.5 Å². The number of anilines is 3. The molecule has 3 aromatic carbocycles. The number of nitrogens with one attached hydrogen (secondary N) is 2. The van der Waals surface area contributed by atoms with E-state index in [1.165, 1.54) is 18.2 Å². The maximum absolute atomic E-state index is 13.3. The number of nitrogens with zero attached hydrogens (tertiary/aromatic N) is 2. The third kappa shape index (κ3) is 5.05. The van der Waals surface area contributed by atoms with Gasteiger partial charge in [0.05, 0.1) is 5.02 Å². The van der Waals surface area contributed by atoms with Crippen LogP contribution < -0.4 is 10.6 Å². The number of benzene rings is 3. The fourth-order valence-electron chi connectivity index (χ4n) is 2.93. The number of hydrogen-bond donors (Lipinski definition) is 2. The molecular weight excluding hydrogens is 415 g/mol. The molecule has 7 heteroatoms. The van der Waals surface area contributed by atoms with E-state index in [1.807, 2.05) is 37.3 Å². The normalized spacial score (nSPS) is 10.5. The molecule has 5 nitrogen and oxygen atoms in total. The van der Waals surface area contributed by atoms with Gasteiger partial charge in [0, 0.05) is 28.7 Å². The fourth-order valence-corrected chi connectivity index (χ4v) is 3.11. The minimum atomic E-state index is -0.541. The first kappa shape index (κ1) is 20.5. The van der Waals surface area contributed by atoms with E-state index in [0.29, 0.717) is 28.6 Å². The van der Waals surface area contributed by atoms with Crippen molar-refractivity contribution in [2.45, 2.75) is 6.92 Å². The van der Waals surface area contributed by atoms with E-state index in [9.17, 15) is 9.18 Å². The summed E-state index contributed by atoms with van der Waals surface area (Å²) in [5, 5.41) is 5.85. The Balaban J connectivity index is 1.51. The molecule has 4 aromatic rings. The van der Waals surface area contributed by atoms with Crippen molar-refractivity contribution in [3.8, 4) is 11.4 Å². The van der Waals surface area contributed by atoms with E-state index in [-0.39, 0.29) is 10.9 Å². The Labute approximate surface area is 184 Å². The Morgan fingerprint density at radius 2 is 1.77 bits per heavy atom. The molecular formula is C24H18ClFN4O. The predicted molar refractivity (Wildman–Crippen MR) is 121 cm³/mol. The van der Waals surface area contributed by atoms with Crippen LogP contribution in [-0.4, -0.2) is 15.9 Å². The highest BCUT2D eigenvalue weighted by Gasteiger charge is 2.09. The maximum atomic E-state index is 13.3. The summed E-state index contributed by atoms with van der Waals surface area (Å²) in [7, 11) is 0. The van der Waals surface area contributed by atoms with Gasteiger partial charge in [0.1, 0.15) is 11.6 Å². The van der Waals surface area contributed by atoms with Crippen LogP contribution >= 0.6 is 11.6 Å². The summed E-state index contributed by atoms with van der Waals surface area (Å²) in [6, 6.07) is 20.7. The summed E-state index contributed by atoms with van der Waals surface area (Å²) < 4.78 is 13.3. The Hall–Kier alpha value is -3.77. The van der Waals surface area contributed by atoms with Gasteiger partial charge in [-0.1, -0.05) is 47.5 Å². The van der Waals surface area contributed by atoms with Gasteiger partial charge in [-0.15, -0.1) is 0 Å². The van der Waals surface area contributed by atoms with Gasteiger partial charge in [0.2, 0.25) is 0 Å². The molecule has 0 radical (unpaired) electrons. The highest BCUT2D eigenvalue weighted by atomic mass is 35.5. The molecule has 1 amide bonds. The summed E-state index contributed by atoms with van der Waals surface area (Å²) in [4.78, 5) is 21.5. The van der Waals surface area contributed by atoms with E-state index < -0.39 is 5.82 Å². The third-order valence-electron chi connectivity index (χ3n) is 4.54. The van der Waals surface area contributed by atoms with Crippen LogP contribution in [0.15, 0.2) is 79.0 Å². The largest absolute Gasteiger partial charge is 0.340 e. The van der Waals surface area contributed by atoms with Crippen LogP contribution in [0, 0.1) is 12.7 Å². The second-order valence-corrected chi connectivity index (χ2v) is 7.33. The summed E-state index contributed by atoms with van der Waals surface area (Å²) in [6.07, 6.45) is 1.68. The van der Waals surface area contributed by atoms with Crippen LogP contribution in [0.2, 0.25) is 5.02 Å². The Bertz CT molecular complexity index is 1240. The van der Waals surface area contributed by atoms with Crippen molar-refractivity contribution in [2.75, 3.05) is 10.6 Å². The molecule has 0 atom stereocenters. The van der Waals surface area contributed by atoms with E-state index >= 15 is 0 Å². The lowest BCUT2D eigenvalue weighted by Gasteiger charge is -2.10. The van der Waals surface area contributed by atoms with Crippen molar-refractivity contribution in [3.05, 3.63) is 101 Å². The molecule has 1 heterocycles. The zero-order valence-electron chi connectivity index (χ0n) is 16.6. The van der Waals surface area contributed by atoms with Gasteiger partial charge in [-0.05, 0) is 49.4 Å². The number of hydrogen-bond acceptors (Lipinski definition) is 4. The van der Waals surface area contributed by atoms with Gasteiger partial charge in [-0.2, -0.15) is 0 Å². The third-order valence-corrected chi connectivity index (χ3v) is 4.83. The predicted octanol–water partition coefficient (Wildman–Crippen LogP) is 6.24. The van der Waals surface area contributed by atoms with Gasteiger partial charge in [0.15, 0.2) is 5.82 Å². The highest BCUT2D eigenvalue weighted by molar-refractivity contribution is 6.31. The molecule has 0 bridgehead atoms. The molecule has 0 fully saturated rings.